The van der Waals surface area contributed by atoms with Gasteiger partial charge in [-0.25, -0.2) is 9.59 Å². The molecule has 1 heterocycles. The summed E-state index contributed by atoms with van der Waals surface area (Å²) in [6.45, 7) is 10.8. The molecule has 1 saturated heterocycles. The summed E-state index contributed by atoms with van der Waals surface area (Å²) in [6, 6.07) is 16.1. The second-order valence-electron chi connectivity index (χ2n) is 15.9. The van der Waals surface area contributed by atoms with Gasteiger partial charge in [-0.15, -0.1) is 0 Å². The highest BCUT2D eigenvalue weighted by atomic mass is 16.6. The normalized spacial score (nSPS) is 33.2. The number of hydrogen-bond acceptors (Lipinski definition) is 14. The molecule has 0 aromatic heterocycles. The first-order chi connectivity index (χ1) is 26.3. The van der Waals surface area contributed by atoms with E-state index in [0.717, 1.165) is 0 Å². The molecule has 14 heteroatoms. The largest absolute Gasteiger partial charge is 0.462 e. The highest BCUT2D eigenvalue weighted by molar-refractivity contribution is 5.90. The maximum atomic E-state index is 14.4. The lowest BCUT2D eigenvalue weighted by Crippen LogP contribution is -2.79. The molecule has 10 atom stereocenters. The minimum atomic E-state index is -1.92. The topological polar surface area (TPSA) is 187 Å². The first-order valence-electron chi connectivity index (χ1n) is 18.6. The zero-order valence-electron chi connectivity index (χ0n) is 32.7. The maximum absolute atomic E-state index is 14.4. The smallest absolute Gasteiger partial charge is 0.338 e. The number of carbonyl (C=O) groups excluding carboxylic acids is 6. The van der Waals surface area contributed by atoms with Crippen LogP contribution in [-0.4, -0.2) is 95.4 Å². The van der Waals surface area contributed by atoms with Crippen LogP contribution in [0.5, 0.6) is 0 Å². The van der Waals surface area contributed by atoms with Crippen molar-refractivity contribution in [3.63, 3.8) is 0 Å². The van der Waals surface area contributed by atoms with Crippen LogP contribution in [0.25, 0.3) is 0 Å². The standard InChI is InChI=1S/C42H48O14/c1-22-29(51-23(2)43)20-41(39(6,7)49)32(22)33(54-37(47)27-15-11-9-12-16-27)35(55-38(48)28-17-13-10-14-18-28)40(8)30(52-24(3)44)19-31-42(21-50-31,56-26(5)46)34(40)36(41)53-25(4)45/h9-18,29-31,33-36,49H,19-21H2,1-8H3/t29-,30-,31+,33+,34-,35-,36?,40?,41-,42-/m0/s1. The van der Waals surface area contributed by atoms with E-state index in [1.807, 2.05) is 0 Å². The van der Waals surface area contributed by atoms with Crippen molar-refractivity contribution in [3.8, 4) is 0 Å². The van der Waals surface area contributed by atoms with Gasteiger partial charge in [-0.05, 0) is 56.2 Å². The lowest BCUT2D eigenvalue weighted by Gasteiger charge is -2.65. The Kier molecular flexibility index (Phi) is 10.7. The summed E-state index contributed by atoms with van der Waals surface area (Å²) in [6.07, 6.45) is -8.25. The Morgan fingerprint density at radius 3 is 1.73 bits per heavy atom. The molecule has 4 aliphatic rings. The van der Waals surface area contributed by atoms with Crippen molar-refractivity contribution in [2.24, 2.45) is 16.7 Å². The zero-order chi connectivity index (χ0) is 41.0. The summed E-state index contributed by atoms with van der Waals surface area (Å²) in [5, 5.41) is 12.7. The SMILES string of the molecule is CC(=O)OC1[C@H]2C(C)([C@@H](OC(C)=O)C[C@H]3OC[C@]32OC(C)=O)[C@@H](OC(=O)c2ccccc2)[C@H](OC(=O)c2ccccc2)C2=C(C)[C@@H](OC(C)=O)C[C@]21C(C)(C)O. The number of aliphatic hydroxyl groups is 1. The summed E-state index contributed by atoms with van der Waals surface area (Å²) in [4.78, 5) is 81.1. The summed E-state index contributed by atoms with van der Waals surface area (Å²) in [5.74, 6) is -5.88. The average molecular weight is 777 g/mol. The molecule has 0 radical (unpaired) electrons. The summed E-state index contributed by atoms with van der Waals surface area (Å²) < 4.78 is 43.8. The van der Waals surface area contributed by atoms with Gasteiger partial charge in [-0.2, -0.15) is 0 Å². The maximum Gasteiger partial charge on any atom is 0.338 e. The van der Waals surface area contributed by atoms with Crippen molar-refractivity contribution in [2.45, 2.75) is 116 Å². The number of hydrogen-bond donors (Lipinski definition) is 1. The van der Waals surface area contributed by atoms with Gasteiger partial charge in [0.1, 0.15) is 24.4 Å². The van der Waals surface area contributed by atoms with E-state index in [-0.39, 0.29) is 36.1 Å². The van der Waals surface area contributed by atoms with Gasteiger partial charge in [0, 0.05) is 40.5 Å². The third-order valence-electron chi connectivity index (χ3n) is 12.1. The van der Waals surface area contributed by atoms with Crippen molar-refractivity contribution in [1.82, 2.24) is 0 Å². The Balaban J connectivity index is 1.77. The Hall–Kier alpha value is -5.08. The summed E-state index contributed by atoms with van der Waals surface area (Å²) in [5.41, 5.74) is -6.37. The van der Waals surface area contributed by atoms with Crippen LogP contribution in [0.15, 0.2) is 71.8 Å². The fourth-order valence-corrected chi connectivity index (χ4v) is 9.86. The molecule has 2 unspecified atom stereocenters. The molecule has 300 valence electrons. The first-order valence-corrected chi connectivity index (χ1v) is 18.6. The number of esters is 6. The molecule has 56 heavy (non-hydrogen) atoms. The van der Waals surface area contributed by atoms with Crippen LogP contribution in [0.1, 0.15) is 88.9 Å². The van der Waals surface area contributed by atoms with Gasteiger partial charge in [-0.1, -0.05) is 43.3 Å². The number of carbonyl (C=O) groups is 6. The molecule has 2 saturated carbocycles. The lowest BCUT2D eigenvalue weighted by atomic mass is 9.49. The highest BCUT2D eigenvalue weighted by Crippen LogP contribution is 2.69. The molecule has 3 fully saturated rings. The van der Waals surface area contributed by atoms with Crippen molar-refractivity contribution in [3.05, 3.63) is 82.9 Å². The molecule has 0 amide bonds. The monoisotopic (exact) mass is 776 g/mol. The minimum Gasteiger partial charge on any atom is -0.462 e. The molecule has 14 nitrogen and oxygen atoms in total. The molecule has 6 rings (SSSR count). The van der Waals surface area contributed by atoms with E-state index < -0.39 is 100 Å². The van der Waals surface area contributed by atoms with Crippen LogP contribution in [0.3, 0.4) is 0 Å². The third-order valence-corrected chi connectivity index (χ3v) is 12.1. The van der Waals surface area contributed by atoms with Crippen molar-refractivity contribution in [2.75, 3.05) is 6.61 Å². The van der Waals surface area contributed by atoms with Gasteiger partial charge in [-0.3, -0.25) is 19.2 Å². The molecule has 1 N–H and O–H groups in total. The fraction of sp³-hybridized carbons (Fsp3) is 0.524. The number of ether oxygens (including phenoxy) is 7. The van der Waals surface area contributed by atoms with E-state index in [1.54, 1.807) is 50.2 Å². The summed E-state index contributed by atoms with van der Waals surface area (Å²) >= 11 is 0. The van der Waals surface area contributed by atoms with E-state index in [2.05, 4.69) is 0 Å². The van der Waals surface area contributed by atoms with Crippen LogP contribution in [-0.2, 0) is 52.3 Å². The van der Waals surface area contributed by atoms with Gasteiger partial charge < -0.3 is 38.3 Å². The molecular formula is C42H48O14. The second kappa shape index (κ2) is 14.8. The molecule has 1 aliphatic heterocycles. The predicted octanol–water partition coefficient (Wildman–Crippen LogP) is 4.45. The Bertz CT molecular complexity index is 1930. The number of rotatable bonds is 9. The molecular weight excluding hydrogens is 728 g/mol. The number of benzene rings is 2. The predicted molar refractivity (Wildman–Crippen MR) is 194 cm³/mol. The Morgan fingerprint density at radius 2 is 1.27 bits per heavy atom. The lowest BCUT2D eigenvalue weighted by molar-refractivity contribution is -0.352. The minimum absolute atomic E-state index is 0.0744. The van der Waals surface area contributed by atoms with Crippen LogP contribution in [0.4, 0.5) is 0 Å². The second-order valence-corrected chi connectivity index (χ2v) is 15.9. The van der Waals surface area contributed by atoms with Gasteiger partial charge >= 0.3 is 35.8 Å². The van der Waals surface area contributed by atoms with Crippen molar-refractivity contribution in [1.29, 1.82) is 0 Å². The first kappa shape index (κ1) is 40.6. The molecule has 0 bridgehead atoms. The van der Waals surface area contributed by atoms with Gasteiger partial charge in [0.15, 0.2) is 17.8 Å². The number of fused-ring (bicyclic) bond motifs is 4. The van der Waals surface area contributed by atoms with E-state index in [0.29, 0.717) is 5.57 Å². The Labute approximate surface area is 324 Å². The Morgan fingerprint density at radius 1 is 0.732 bits per heavy atom. The molecule has 3 aliphatic carbocycles. The van der Waals surface area contributed by atoms with Gasteiger partial charge in [0.2, 0.25) is 0 Å². The highest BCUT2D eigenvalue weighted by Gasteiger charge is 2.81. The van der Waals surface area contributed by atoms with E-state index in [1.165, 1.54) is 65.8 Å². The molecule has 0 spiro atoms. The van der Waals surface area contributed by atoms with Gasteiger partial charge in [0.25, 0.3) is 0 Å². The van der Waals surface area contributed by atoms with Crippen LogP contribution >= 0.6 is 0 Å². The average Bonchev–Trinajstić information content (AvgIpc) is 3.37. The van der Waals surface area contributed by atoms with Crippen LogP contribution in [0.2, 0.25) is 0 Å². The van der Waals surface area contributed by atoms with Crippen molar-refractivity contribution >= 4 is 35.8 Å². The van der Waals surface area contributed by atoms with Gasteiger partial charge in [0.05, 0.1) is 40.1 Å². The molecule has 2 aromatic rings. The summed E-state index contributed by atoms with van der Waals surface area (Å²) in [7, 11) is 0. The van der Waals surface area contributed by atoms with Crippen LogP contribution in [0, 0.1) is 16.7 Å². The van der Waals surface area contributed by atoms with E-state index in [9.17, 15) is 33.9 Å². The van der Waals surface area contributed by atoms with Crippen molar-refractivity contribution < 1.29 is 67.0 Å². The van der Waals surface area contributed by atoms with Crippen LogP contribution < -0.4 is 0 Å². The third kappa shape index (κ3) is 6.66. The van der Waals surface area contributed by atoms with E-state index in [4.69, 9.17) is 33.2 Å². The molecule has 2 aromatic carbocycles. The fourth-order valence-electron chi connectivity index (χ4n) is 9.86. The van der Waals surface area contributed by atoms with E-state index >= 15 is 0 Å². The quantitative estimate of drug-likeness (QED) is 0.214. The zero-order valence-corrected chi connectivity index (χ0v) is 32.7.